The predicted molar refractivity (Wildman–Crippen MR) is 123 cm³/mol. The van der Waals surface area contributed by atoms with E-state index >= 15 is 0 Å². The second-order valence-corrected chi connectivity index (χ2v) is 8.07. The van der Waals surface area contributed by atoms with Crippen molar-refractivity contribution < 1.29 is 14.3 Å². The fourth-order valence-electron chi connectivity index (χ4n) is 3.13. The van der Waals surface area contributed by atoms with E-state index in [0.29, 0.717) is 17.6 Å². The number of hydrogen-bond donors (Lipinski definition) is 1. The largest absolute Gasteiger partial charge is 0.497 e. The molecule has 0 atom stereocenters. The van der Waals surface area contributed by atoms with E-state index in [0.717, 1.165) is 33.8 Å². The zero-order chi connectivity index (χ0) is 21.8. The Balaban J connectivity index is 1.42. The molecule has 0 saturated carbocycles. The highest BCUT2D eigenvalue weighted by molar-refractivity contribution is 7.20. The van der Waals surface area contributed by atoms with Crippen LogP contribution in [0.25, 0.3) is 15.3 Å². The lowest BCUT2D eigenvalue weighted by atomic mass is 10.2. The molecule has 2 aromatic carbocycles. The van der Waals surface area contributed by atoms with E-state index in [1.165, 1.54) is 16.9 Å². The lowest BCUT2D eigenvalue weighted by Gasteiger charge is -2.08. The molecule has 0 radical (unpaired) electrons. The van der Waals surface area contributed by atoms with Crippen molar-refractivity contribution in [2.24, 2.45) is 0 Å². The van der Waals surface area contributed by atoms with Crippen molar-refractivity contribution in [2.45, 2.75) is 26.7 Å². The van der Waals surface area contributed by atoms with Crippen molar-refractivity contribution >= 4 is 33.3 Å². The van der Waals surface area contributed by atoms with Crippen LogP contribution in [0.1, 0.15) is 24.6 Å². The fourth-order valence-corrected chi connectivity index (χ4v) is 4.09. The number of fused-ring (bicyclic) bond motifs is 1. The Bertz CT molecular complexity index is 1200. The van der Waals surface area contributed by atoms with Gasteiger partial charge >= 0.3 is 0 Å². The van der Waals surface area contributed by atoms with Gasteiger partial charge in [-0.3, -0.25) is 4.79 Å². The molecule has 0 bridgehead atoms. The highest BCUT2D eigenvalue weighted by Gasteiger charge is 2.15. The zero-order valence-electron chi connectivity index (χ0n) is 17.7. The van der Waals surface area contributed by atoms with Crippen LogP contribution in [0, 0.1) is 6.92 Å². The predicted octanol–water partition coefficient (Wildman–Crippen LogP) is 4.77. The minimum Gasteiger partial charge on any atom is -0.497 e. The topological polar surface area (TPSA) is 78.3 Å². The Hall–Kier alpha value is -3.39. The van der Waals surface area contributed by atoms with Crippen LogP contribution < -0.4 is 14.8 Å². The van der Waals surface area contributed by atoms with Crippen molar-refractivity contribution in [3.8, 4) is 16.6 Å². The first kappa shape index (κ1) is 20.9. The van der Waals surface area contributed by atoms with Crippen LogP contribution in [0.5, 0.6) is 11.5 Å². The maximum atomic E-state index is 12.5. The third-order valence-electron chi connectivity index (χ3n) is 4.79. The van der Waals surface area contributed by atoms with Crippen molar-refractivity contribution in [3.63, 3.8) is 0 Å². The van der Waals surface area contributed by atoms with Gasteiger partial charge in [-0.25, -0.2) is 4.98 Å². The summed E-state index contributed by atoms with van der Waals surface area (Å²) < 4.78 is 13.6. The third-order valence-corrected chi connectivity index (χ3v) is 5.79. The van der Waals surface area contributed by atoms with Crippen molar-refractivity contribution in [1.29, 1.82) is 0 Å². The summed E-state index contributed by atoms with van der Waals surface area (Å²) >= 11 is 1.49. The SMILES string of the molecule is CCc1ccc(OCCC(=O)Nc2cc(C)nn2-c2nc3ccc(OC)cc3s2)cc1. The number of carbonyl (C=O) groups excluding carboxylic acids is 1. The van der Waals surface area contributed by atoms with Gasteiger partial charge in [0.25, 0.3) is 0 Å². The first-order valence-electron chi connectivity index (χ1n) is 10.1. The molecule has 31 heavy (non-hydrogen) atoms. The average molecular weight is 437 g/mol. The third kappa shape index (κ3) is 4.86. The quantitative estimate of drug-likeness (QED) is 0.430. The summed E-state index contributed by atoms with van der Waals surface area (Å²) in [5.41, 5.74) is 2.90. The monoisotopic (exact) mass is 436 g/mol. The smallest absolute Gasteiger partial charge is 0.228 e. The van der Waals surface area contributed by atoms with E-state index < -0.39 is 0 Å². The van der Waals surface area contributed by atoms with E-state index in [-0.39, 0.29) is 12.3 Å². The number of rotatable bonds is 8. The van der Waals surface area contributed by atoms with Gasteiger partial charge in [0.2, 0.25) is 11.0 Å². The lowest BCUT2D eigenvalue weighted by molar-refractivity contribution is -0.116. The molecule has 4 rings (SSSR count). The molecule has 0 aliphatic rings. The molecule has 1 amide bonds. The first-order chi connectivity index (χ1) is 15.1. The Morgan fingerprint density at radius 1 is 1.13 bits per heavy atom. The molecular formula is C23H24N4O3S. The molecule has 0 saturated heterocycles. The summed E-state index contributed by atoms with van der Waals surface area (Å²) in [6.45, 7) is 4.29. The number of anilines is 1. The number of hydrogen-bond acceptors (Lipinski definition) is 6. The van der Waals surface area contributed by atoms with Crippen LogP contribution in [-0.4, -0.2) is 34.4 Å². The molecule has 0 fully saturated rings. The molecule has 0 aliphatic heterocycles. The molecule has 160 valence electrons. The van der Waals surface area contributed by atoms with E-state index in [2.05, 4.69) is 22.3 Å². The van der Waals surface area contributed by atoms with Gasteiger partial charge < -0.3 is 14.8 Å². The summed E-state index contributed by atoms with van der Waals surface area (Å²) in [6.07, 6.45) is 1.22. The highest BCUT2D eigenvalue weighted by atomic mass is 32.1. The van der Waals surface area contributed by atoms with E-state index in [1.807, 2.05) is 55.5 Å². The van der Waals surface area contributed by atoms with Crippen LogP contribution in [0.4, 0.5) is 5.82 Å². The summed E-state index contributed by atoms with van der Waals surface area (Å²) in [5, 5.41) is 8.11. The number of methoxy groups -OCH3 is 1. The maximum Gasteiger partial charge on any atom is 0.228 e. The number of aromatic nitrogens is 3. The van der Waals surface area contributed by atoms with Crippen LogP contribution in [0.3, 0.4) is 0 Å². The molecule has 0 aliphatic carbocycles. The second kappa shape index (κ2) is 9.18. The molecule has 4 aromatic rings. The Kier molecular flexibility index (Phi) is 6.18. The van der Waals surface area contributed by atoms with Crippen LogP contribution in [0.2, 0.25) is 0 Å². The van der Waals surface area contributed by atoms with Gasteiger partial charge in [0.05, 0.1) is 36.0 Å². The Morgan fingerprint density at radius 2 is 1.90 bits per heavy atom. The average Bonchev–Trinajstić information content (AvgIpc) is 3.36. The summed E-state index contributed by atoms with van der Waals surface area (Å²) in [4.78, 5) is 17.1. The molecule has 7 nitrogen and oxygen atoms in total. The van der Waals surface area contributed by atoms with Gasteiger partial charge in [-0.1, -0.05) is 30.4 Å². The highest BCUT2D eigenvalue weighted by Crippen LogP contribution is 2.30. The van der Waals surface area contributed by atoms with Crippen molar-refractivity contribution in [3.05, 3.63) is 59.8 Å². The Labute approximate surface area is 184 Å². The zero-order valence-corrected chi connectivity index (χ0v) is 18.5. The fraction of sp³-hybridized carbons (Fsp3) is 0.261. The molecule has 8 heteroatoms. The minimum atomic E-state index is -0.144. The van der Waals surface area contributed by atoms with E-state index in [1.54, 1.807) is 11.8 Å². The first-order valence-corrected chi connectivity index (χ1v) is 10.9. The number of benzene rings is 2. The van der Waals surface area contributed by atoms with Gasteiger partial charge in [0.1, 0.15) is 17.3 Å². The number of carbonyl (C=O) groups is 1. The lowest BCUT2D eigenvalue weighted by Crippen LogP contribution is -2.17. The van der Waals surface area contributed by atoms with Crippen molar-refractivity contribution in [1.82, 2.24) is 14.8 Å². The molecule has 2 heterocycles. The van der Waals surface area contributed by atoms with Gasteiger partial charge in [0, 0.05) is 6.07 Å². The number of nitrogens with zero attached hydrogens (tertiary/aromatic N) is 3. The number of ether oxygens (including phenoxy) is 2. The van der Waals surface area contributed by atoms with Gasteiger partial charge in [-0.2, -0.15) is 9.78 Å². The number of thiazole rings is 1. The van der Waals surface area contributed by atoms with Crippen LogP contribution in [-0.2, 0) is 11.2 Å². The summed E-state index contributed by atoms with van der Waals surface area (Å²) in [5.74, 6) is 1.97. The maximum absolute atomic E-state index is 12.5. The van der Waals surface area contributed by atoms with Crippen LogP contribution >= 0.6 is 11.3 Å². The van der Waals surface area contributed by atoms with E-state index in [9.17, 15) is 4.79 Å². The number of nitrogens with one attached hydrogen (secondary N) is 1. The van der Waals surface area contributed by atoms with Crippen LogP contribution in [0.15, 0.2) is 48.5 Å². The molecule has 1 N–H and O–H groups in total. The summed E-state index contributed by atoms with van der Waals surface area (Å²) in [7, 11) is 1.64. The Morgan fingerprint density at radius 3 is 2.65 bits per heavy atom. The molecular weight excluding hydrogens is 412 g/mol. The van der Waals surface area contributed by atoms with Crippen molar-refractivity contribution in [2.75, 3.05) is 19.0 Å². The standard InChI is InChI=1S/C23H24N4O3S/c1-4-16-5-7-17(8-6-16)30-12-11-22(28)25-21-13-15(2)26-27(21)23-24-19-10-9-18(29-3)14-20(19)31-23/h5-10,13-14H,4,11-12H2,1-3H3,(H,25,28). The minimum absolute atomic E-state index is 0.144. The van der Waals surface area contributed by atoms with Gasteiger partial charge in [-0.15, -0.1) is 0 Å². The molecule has 0 spiro atoms. The normalized spacial score (nSPS) is 10.9. The van der Waals surface area contributed by atoms with Gasteiger partial charge in [-0.05, 0) is 49.2 Å². The molecule has 2 aromatic heterocycles. The molecule has 0 unspecified atom stereocenters. The number of amides is 1. The summed E-state index contributed by atoms with van der Waals surface area (Å²) in [6, 6.07) is 15.5. The second-order valence-electron chi connectivity index (χ2n) is 7.06. The van der Waals surface area contributed by atoms with E-state index in [4.69, 9.17) is 9.47 Å². The number of aryl methyl sites for hydroxylation is 2. The van der Waals surface area contributed by atoms with Gasteiger partial charge in [0.15, 0.2) is 0 Å².